The Labute approximate surface area is 106 Å². The zero-order chi connectivity index (χ0) is 13.7. The summed E-state index contributed by atoms with van der Waals surface area (Å²) in [7, 11) is 0. The number of rotatable bonds is 4. The predicted molar refractivity (Wildman–Crippen MR) is 67.2 cm³/mol. The third kappa shape index (κ3) is 3.28. The lowest BCUT2D eigenvalue weighted by atomic mass is 9.99. The van der Waals surface area contributed by atoms with Crippen LogP contribution < -0.4 is 11.1 Å². The molecule has 2 unspecified atom stereocenters. The highest BCUT2D eigenvalue weighted by molar-refractivity contribution is 5.95. The molecule has 1 amide bonds. The van der Waals surface area contributed by atoms with E-state index in [4.69, 9.17) is 11.0 Å². The van der Waals surface area contributed by atoms with E-state index < -0.39 is 11.9 Å². The molecular formula is C13H16FN3O. The maximum atomic E-state index is 13.1. The number of halogens is 1. The number of nitriles is 1. The minimum atomic E-state index is -0.620. The average molecular weight is 249 g/mol. The van der Waals surface area contributed by atoms with Crippen LogP contribution in [0, 0.1) is 23.1 Å². The molecule has 96 valence electrons. The normalized spacial score (nSPS) is 13.5. The van der Waals surface area contributed by atoms with Crippen LogP contribution >= 0.6 is 0 Å². The second-order valence-electron chi connectivity index (χ2n) is 4.21. The molecule has 0 saturated heterocycles. The molecule has 2 atom stereocenters. The molecule has 0 aliphatic heterocycles. The Morgan fingerprint density at radius 3 is 2.83 bits per heavy atom. The summed E-state index contributed by atoms with van der Waals surface area (Å²) >= 11 is 0. The Hall–Kier alpha value is -1.93. The molecule has 0 fully saturated rings. The Bertz CT molecular complexity index is 482. The van der Waals surface area contributed by atoms with Crippen molar-refractivity contribution in [2.45, 2.75) is 26.3 Å². The maximum absolute atomic E-state index is 13.1. The molecule has 0 heterocycles. The van der Waals surface area contributed by atoms with Crippen LogP contribution in [0.2, 0.25) is 0 Å². The molecule has 0 aliphatic rings. The summed E-state index contributed by atoms with van der Waals surface area (Å²) in [6.07, 6.45) is 0.793. The molecular weight excluding hydrogens is 233 g/mol. The third-order valence-corrected chi connectivity index (χ3v) is 2.91. The first-order chi connectivity index (χ1) is 8.49. The van der Waals surface area contributed by atoms with E-state index in [2.05, 4.69) is 5.32 Å². The van der Waals surface area contributed by atoms with Crippen molar-refractivity contribution in [1.29, 1.82) is 5.26 Å². The molecule has 3 N–H and O–H groups in total. The third-order valence-electron chi connectivity index (χ3n) is 2.91. The molecule has 0 aromatic heterocycles. The molecule has 0 spiro atoms. The number of carbonyl (C=O) groups is 1. The fourth-order valence-electron chi connectivity index (χ4n) is 1.43. The lowest BCUT2D eigenvalue weighted by molar-refractivity contribution is -0.118. The zero-order valence-corrected chi connectivity index (χ0v) is 10.4. The van der Waals surface area contributed by atoms with E-state index >= 15 is 0 Å². The van der Waals surface area contributed by atoms with Gasteiger partial charge in [0, 0.05) is 5.69 Å². The molecule has 0 bridgehead atoms. The number of nitrogens with zero attached hydrogens (tertiary/aromatic N) is 1. The van der Waals surface area contributed by atoms with Crippen molar-refractivity contribution >= 4 is 11.6 Å². The van der Waals surface area contributed by atoms with Crippen LogP contribution in [0.15, 0.2) is 18.2 Å². The first-order valence-corrected chi connectivity index (χ1v) is 5.75. The van der Waals surface area contributed by atoms with Crippen molar-refractivity contribution in [3.05, 3.63) is 29.6 Å². The highest BCUT2D eigenvalue weighted by Crippen LogP contribution is 2.15. The summed E-state index contributed by atoms with van der Waals surface area (Å²) in [5.74, 6) is -0.887. The van der Waals surface area contributed by atoms with Crippen molar-refractivity contribution in [3.63, 3.8) is 0 Å². The molecule has 4 nitrogen and oxygen atoms in total. The molecule has 1 aromatic rings. The average Bonchev–Trinajstić information content (AvgIpc) is 2.38. The quantitative estimate of drug-likeness (QED) is 0.856. The molecule has 5 heteroatoms. The van der Waals surface area contributed by atoms with Gasteiger partial charge in [-0.3, -0.25) is 4.79 Å². The molecule has 0 aliphatic carbocycles. The summed E-state index contributed by atoms with van der Waals surface area (Å²) < 4.78 is 13.1. The van der Waals surface area contributed by atoms with Gasteiger partial charge in [-0.1, -0.05) is 20.3 Å². The van der Waals surface area contributed by atoms with Gasteiger partial charge in [0.25, 0.3) is 0 Å². The van der Waals surface area contributed by atoms with Crippen LogP contribution in [0.25, 0.3) is 0 Å². The van der Waals surface area contributed by atoms with Gasteiger partial charge in [0.1, 0.15) is 11.9 Å². The number of carbonyl (C=O) groups excluding carboxylic acids is 1. The monoisotopic (exact) mass is 249 g/mol. The summed E-state index contributed by atoms with van der Waals surface area (Å²) in [4.78, 5) is 11.8. The van der Waals surface area contributed by atoms with E-state index in [1.807, 2.05) is 13.8 Å². The fourth-order valence-corrected chi connectivity index (χ4v) is 1.43. The molecule has 0 radical (unpaired) electrons. The summed E-state index contributed by atoms with van der Waals surface area (Å²) in [6, 6.07) is 4.92. The summed E-state index contributed by atoms with van der Waals surface area (Å²) in [5, 5.41) is 11.3. The van der Waals surface area contributed by atoms with E-state index in [-0.39, 0.29) is 17.4 Å². The van der Waals surface area contributed by atoms with Gasteiger partial charge in [-0.25, -0.2) is 4.39 Å². The molecule has 1 aromatic carbocycles. The van der Waals surface area contributed by atoms with Crippen LogP contribution in [0.5, 0.6) is 0 Å². The smallest absolute Gasteiger partial charge is 0.241 e. The number of benzene rings is 1. The molecule has 18 heavy (non-hydrogen) atoms. The van der Waals surface area contributed by atoms with Gasteiger partial charge in [0.15, 0.2) is 0 Å². The van der Waals surface area contributed by atoms with Gasteiger partial charge in [-0.15, -0.1) is 0 Å². The largest absolute Gasteiger partial charge is 0.325 e. The summed E-state index contributed by atoms with van der Waals surface area (Å²) in [5.41, 5.74) is 6.03. The Balaban J connectivity index is 2.80. The Kier molecular flexibility index (Phi) is 4.81. The van der Waals surface area contributed by atoms with Crippen LogP contribution in [-0.4, -0.2) is 11.9 Å². The maximum Gasteiger partial charge on any atom is 0.241 e. The lowest BCUT2D eigenvalue weighted by Gasteiger charge is -2.17. The topological polar surface area (TPSA) is 78.9 Å². The first kappa shape index (κ1) is 14.1. The minimum Gasteiger partial charge on any atom is -0.325 e. The van der Waals surface area contributed by atoms with Gasteiger partial charge >= 0.3 is 0 Å². The van der Waals surface area contributed by atoms with Gasteiger partial charge in [0.05, 0.1) is 11.6 Å². The van der Waals surface area contributed by atoms with Gasteiger partial charge in [0.2, 0.25) is 5.91 Å². The second kappa shape index (κ2) is 6.12. The van der Waals surface area contributed by atoms with Crippen LogP contribution in [0.4, 0.5) is 10.1 Å². The lowest BCUT2D eigenvalue weighted by Crippen LogP contribution is -2.40. The van der Waals surface area contributed by atoms with Crippen molar-refractivity contribution in [3.8, 4) is 6.07 Å². The van der Waals surface area contributed by atoms with Crippen molar-refractivity contribution in [2.24, 2.45) is 11.7 Å². The number of hydrogen-bond donors (Lipinski definition) is 2. The van der Waals surface area contributed by atoms with E-state index in [9.17, 15) is 9.18 Å². The van der Waals surface area contributed by atoms with E-state index in [0.717, 1.165) is 12.5 Å². The van der Waals surface area contributed by atoms with Crippen LogP contribution in [0.1, 0.15) is 25.8 Å². The standard InChI is InChI=1S/C13H16FN3O/c1-3-8(2)12(16)13(18)17-10-4-5-11(14)9(6-10)7-15/h4-6,8,12H,3,16H2,1-2H3,(H,17,18). The number of anilines is 1. The SMILES string of the molecule is CCC(C)C(N)C(=O)Nc1ccc(F)c(C#N)c1. The Morgan fingerprint density at radius 2 is 2.28 bits per heavy atom. The van der Waals surface area contributed by atoms with Gasteiger partial charge in [-0.05, 0) is 24.1 Å². The van der Waals surface area contributed by atoms with Crippen molar-refractivity contribution in [1.82, 2.24) is 0 Å². The number of nitrogens with one attached hydrogen (secondary N) is 1. The number of amides is 1. The molecule has 1 rings (SSSR count). The number of nitrogens with two attached hydrogens (primary N) is 1. The summed E-state index contributed by atoms with van der Waals surface area (Å²) in [6.45, 7) is 3.83. The highest BCUT2D eigenvalue weighted by Gasteiger charge is 2.19. The predicted octanol–water partition coefficient (Wildman–Crippen LogP) is 2.01. The fraction of sp³-hybridized carbons (Fsp3) is 0.385. The van der Waals surface area contributed by atoms with E-state index in [0.29, 0.717) is 5.69 Å². The van der Waals surface area contributed by atoms with Crippen LogP contribution in [0.3, 0.4) is 0 Å². The van der Waals surface area contributed by atoms with E-state index in [1.54, 1.807) is 6.07 Å². The van der Waals surface area contributed by atoms with Gasteiger partial charge in [-0.2, -0.15) is 5.26 Å². The second-order valence-corrected chi connectivity index (χ2v) is 4.21. The number of hydrogen-bond acceptors (Lipinski definition) is 3. The minimum absolute atomic E-state index is 0.0564. The zero-order valence-electron chi connectivity index (χ0n) is 10.4. The molecule has 0 saturated carbocycles. The van der Waals surface area contributed by atoms with Crippen molar-refractivity contribution in [2.75, 3.05) is 5.32 Å². The van der Waals surface area contributed by atoms with Crippen molar-refractivity contribution < 1.29 is 9.18 Å². The van der Waals surface area contributed by atoms with E-state index in [1.165, 1.54) is 12.1 Å². The van der Waals surface area contributed by atoms with Crippen LogP contribution in [-0.2, 0) is 4.79 Å². The van der Waals surface area contributed by atoms with Gasteiger partial charge < -0.3 is 11.1 Å². The Morgan fingerprint density at radius 1 is 1.61 bits per heavy atom. The first-order valence-electron chi connectivity index (χ1n) is 5.75. The highest BCUT2D eigenvalue weighted by atomic mass is 19.1.